The van der Waals surface area contributed by atoms with E-state index in [0.717, 1.165) is 51.6 Å². The van der Waals surface area contributed by atoms with Crippen molar-refractivity contribution < 1.29 is 4.74 Å². The van der Waals surface area contributed by atoms with Gasteiger partial charge in [0.15, 0.2) is 0 Å². The molecule has 4 aromatic rings. The van der Waals surface area contributed by atoms with Gasteiger partial charge >= 0.3 is 0 Å². The van der Waals surface area contributed by atoms with Gasteiger partial charge in [0.05, 0.1) is 28.7 Å². The van der Waals surface area contributed by atoms with Crippen molar-refractivity contribution in [1.82, 2.24) is 14.9 Å². The molecule has 0 saturated carbocycles. The van der Waals surface area contributed by atoms with Gasteiger partial charge in [-0.25, -0.2) is 9.97 Å². The highest BCUT2D eigenvalue weighted by Crippen LogP contribution is 2.33. The van der Waals surface area contributed by atoms with E-state index in [1.165, 1.54) is 0 Å². The SMILES string of the molecule is CN(C)CCCOc1cc2nc3ccc(Cl)cc3nc2c2ccccc12. The van der Waals surface area contributed by atoms with E-state index < -0.39 is 0 Å². The van der Waals surface area contributed by atoms with Crippen LogP contribution < -0.4 is 4.74 Å². The van der Waals surface area contributed by atoms with Crippen molar-refractivity contribution in [3.8, 4) is 5.75 Å². The lowest BCUT2D eigenvalue weighted by atomic mass is 10.1. The molecular weight excluding hydrogens is 346 g/mol. The molecule has 0 aliphatic rings. The quantitative estimate of drug-likeness (QED) is 0.286. The average molecular weight is 366 g/mol. The molecule has 0 aliphatic heterocycles. The Hall–Kier alpha value is -2.43. The maximum Gasteiger partial charge on any atom is 0.129 e. The third kappa shape index (κ3) is 3.30. The monoisotopic (exact) mass is 365 g/mol. The predicted molar refractivity (Wildman–Crippen MR) is 108 cm³/mol. The number of nitrogens with zero attached hydrogens (tertiary/aromatic N) is 3. The van der Waals surface area contributed by atoms with Crippen molar-refractivity contribution in [2.24, 2.45) is 0 Å². The van der Waals surface area contributed by atoms with Crippen LogP contribution >= 0.6 is 11.6 Å². The van der Waals surface area contributed by atoms with E-state index in [0.29, 0.717) is 11.6 Å². The van der Waals surface area contributed by atoms with Gasteiger partial charge in [-0.2, -0.15) is 0 Å². The summed E-state index contributed by atoms with van der Waals surface area (Å²) in [6.07, 6.45) is 0.973. The highest BCUT2D eigenvalue weighted by molar-refractivity contribution is 6.31. The summed E-state index contributed by atoms with van der Waals surface area (Å²) >= 11 is 6.12. The number of hydrogen-bond acceptors (Lipinski definition) is 4. The van der Waals surface area contributed by atoms with Crippen LogP contribution in [0.4, 0.5) is 0 Å². The number of benzene rings is 3. The molecule has 0 radical (unpaired) electrons. The second-order valence-electron chi connectivity index (χ2n) is 6.65. The molecule has 0 aliphatic carbocycles. The summed E-state index contributed by atoms with van der Waals surface area (Å²) in [5, 5.41) is 2.76. The Labute approximate surface area is 157 Å². The van der Waals surface area contributed by atoms with Gasteiger partial charge in [0.25, 0.3) is 0 Å². The van der Waals surface area contributed by atoms with Crippen molar-refractivity contribution in [3.05, 3.63) is 53.6 Å². The highest BCUT2D eigenvalue weighted by atomic mass is 35.5. The van der Waals surface area contributed by atoms with Gasteiger partial charge < -0.3 is 9.64 Å². The summed E-state index contributed by atoms with van der Waals surface area (Å²) in [7, 11) is 4.14. The molecule has 1 aromatic heterocycles. The zero-order valence-corrected chi connectivity index (χ0v) is 15.6. The van der Waals surface area contributed by atoms with Gasteiger partial charge in [0, 0.05) is 28.4 Å². The van der Waals surface area contributed by atoms with Crippen molar-refractivity contribution in [1.29, 1.82) is 0 Å². The zero-order valence-electron chi connectivity index (χ0n) is 14.9. The van der Waals surface area contributed by atoms with Crippen molar-refractivity contribution in [2.45, 2.75) is 6.42 Å². The molecule has 4 nitrogen and oxygen atoms in total. The fraction of sp³-hybridized carbons (Fsp3) is 0.238. The number of ether oxygens (including phenoxy) is 1. The van der Waals surface area contributed by atoms with E-state index in [2.05, 4.69) is 31.1 Å². The van der Waals surface area contributed by atoms with Crippen LogP contribution in [0.15, 0.2) is 48.5 Å². The van der Waals surface area contributed by atoms with Crippen LogP contribution in [-0.4, -0.2) is 42.1 Å². The zero-order chi connectivity index (χ0) is 18.1. The van der Waals surface area contributed by atoms with Crippen LogP contribution in [0, 0.1) is 0 Å². The number of fused-ring (bicyclic) bond motifs is 4. The molecule has 3 aromatic carbocycles. The molecule has 0 atom stereocenters. The molecule has 26 heavy (non-hydrogen) atoms. The third-order valence-electron chi connectivity index (χ3n) is 4.38. The molecule has 132 valence electrons. The molecule has 0 spiro atoms. The maximum atomic E-state index is 6.12. The number of aromatic nitrogens is 2. The predicted octanol–water partition coefficient (Wildman–Crippen LogP) is 4.92. The highest BCUT2D eigenvalue weighted by Gasteiger charge is 2.11. The molecule has 0 N–H and O–H groups in total. The van der Waals surface area contributed by atoms with E-state index in [4.69, 9.17) is 26.3 Å². The second kappa shape index (κ2) is 7.06. The van der Waals surface area contributed by atoms with Crippen molar-refractivity contribution in [2.75, 3.05) is 27.2 Å². The molecule has 1 heterocycles. The maximum absolute atomic E-state index is 6.12. The smallest absolute Gasteiger partial charge is 0.129 e. The van der Waals surface area contributed by atoms with E-state index in [1.807, 2.05) is 36.4 Å². The molecule has 5 heteroatoms. The fourth-order valence-electron chi connectivity index (χ4n) is 3.13. The molecule has 4 rings (SSSR count). The molecule has 0 unspecified atom stereocenters. The minimum atomic E-state index is 0.663. The van der Waals surface area contributed by atoms with Crippen molar-refractivity contribution >= 4 is 44.4 Å². The summed E-state index contributed by atoms with van der Waals surface area (Å²) in [6, 6.07) is 15.8. The second-order valence-corrected chi connectivity index (χ2v) is 7.09. The van der Waals surface area contributed by atoms with Crippen LogP contribution in [0.5, 0.6) is 5.75 Å². The summed E-state index contributed by atoms with van der Waals surface area (Å²) < 4.78 is 6.09. The van der Waals surface area contributed by atoms with Crippen LogP contribution in [-0.2, 0) is 0 Å². The Morgan fingerprint density at radius 2 is 1.73 bits per heavy atom. The molecule has 0 saturated heterocycles. The Morgan fingerprint density at radius 3 is 2.54 bits per heavy atom. The average Bonchev–Trinajstić information content (AvgIpc) is 2.63. The topological polar surface area (TPSA) is 38.2 Å². The lowest BCUT2D eigenvalue weighted by Gasteiger charge is -2.13. The minimum Gasteiger partial charge on any atom is -0.493 e. The van der Waals surface area contributed by atoms with Crippen molar-refractivity contribution in [3.63, 3.8) is 0 Å². The van der Waals surface area contributed by atoms with Crippen LogP contribution in [0.2, 0.25) is 5.02 Å². The molecule has 0 bridgehead atoms. The largest absolute Gasteiger partial charge is 0.493 e. The van der Waals surface area contributed by atoms with E-state index in [-0.39, 0.29) is 0 Å². The van der Waals surface area contributed by atoms with Crippen LogP contribution in [0.25, 0.3) is 32.8 Å². The number of rotatable bonds is 5. The van der Waals surface area contributed by atoms with Gasteiger partial charge in [-0.1, -0.05) is 35.9 Å². The van der Waals surface area contributed by atoms with Gasteiger partial charge in [0.2, 0.25) is 0 Å². The molecule has 0 amide bonds. The molecule has 0 fully saturated rings. The van der Waals surface area contributed by atoms with Gasteiger partial charge in [0.1, 0.15) is 5.75 Å². The first kappa shape index (κ1) is 17.0. The van der Waals surface area contributed by atoms with E-state index in [1.54, 1.807) is 0 Å². The van der Waals surface area contributed by atoms with Gasteiger partial charge in [-0.3, -0.25) is 0 Å². The number of hydrogen-bond donors (Lipinski definition) is 0. The number of halogens is 1. The van der Waals surface area contributed by atoms with Crippen LogP contribution in [0.1, 0.15) is 6.42 Å². The minimum absolute atomic E-state index is 0.663. The Bertz CT molecular complexity index is 1090. The van der Waals surface area contributed by atoms with Gasteiger partial charge in [-0.05, 0) is 38.7 Å². The normalized spacial score (nSPS) is 11.7. The Morgan fingerprint density at radius 1 is 0.923 bits per heavy atom. The Balaban J connectivity index is 1.83. The lowest BCUT2D eigenvalue weighted by Crippen LogP contribution is -2.15. The summed E-state index contributed by atoms with van der Waals surface area (Å²) in [5.41, 5.74) is 3.34. The first-order valence-electron chi connectivity index (χ1n) is 8.68. The summed E-state index contributed by atoms with van der Waals surface area (Å²) in [6.45, 7) is 1.67. The summed E-state index contributed by atoms with van der Waals surface area (Å²) in [5.74, 6) is 0.856. The summed E-state index contributed by atoms with van der Waals surface area (Å²) in [4.78, 5) is 11.8. The first-order chi connectivity index (χ1) is 12.6. The Kier molecular flexibility index (Phi) is 4.62. The van der Waals surface area contributed by atoms with E-state index >= 15 is 0 Å². The van der Waals surface area contributed by atoms with Gasteiger partial charge in [-0.15, -0.1) is 0 Å². The van der Waals surface area contributed by atoms with E-state index in [9.17, 15) is 0 Å². The standard InChI is InChI=1S/C21H20ClN3O/c1-25(2)10-5-11-26-20-13-19-21(16-7-4-3-6-15(16)20)24-18-12-14(22)8-9-17(18)23-19/h3-4,6-9,12-13H,5,10-11H2,1-2H3. The fourth-order valence-corrected chi connectivity index (χ4v) is 3.30. The lowest BCUT2D eigenvalue weighted by molar-refractivity contribution is 0.284. The third-order valence-corrected chi connectivity index (χ3v) is 4.61. The first-order valence-corrected chi connectivity index (χ1v) is 9.06. The molecular formula is C21H20ClN3O. The van der Waals surface area contributed by atoms with Crippen LogP contribution in [0.3, 0.4) is 0 Å².